The Kier molecular flexibility index (Phi) is 6.42. The van der Waals surface area contributed by atoms with Gasteiger partial charge >= 0.3 is 6.18 Å². The number of nitrogens with one attached hydrogen (secondary N) is 1. The molecule has 0 aromatic carbocycles. The molecule has 1 aliphatic carbocycles. The van der Waals surface area contributed by atoms with Gasteiger partial charge in [0.2, 0.25) is 5.91 Å². The number of carbonyl (C=O) groups excluding carboxylic acids is 1. The van der Waals surface area contributed by atoms with Gasteiger partial charge in [-0.3, -0.25) is 4.79 Å². The van der Waals surface area contributed by atoms with Crippen molar-refractivity contribution in [1.82, 2.24) is 5.32 Å². The van der Waals surface area contributed by atoms with Crippen LogP contribution >= 0.6 is 0 Å². The molecule has 106 valence electrons. The van der Waals surface area contributed by atoms with Gasteiger partial charge in [-0.05, 0) is 25.2 Å². The monoisotopic (exact) mass is 269 g/mol. The molecule has 4 nitrogen and oxygen atoms in total. The first-order chi connectivity index (χ1) is 8.47. The molecule has 1 saturated carbocycles. The van der Waals surface area contributed by atoms with Crippen LogP contribution in [0, 0.1) is 5.92 Å². The van der Waals surface area contributed by atoms with Crippen molar-refractivity contribution in [3.8, 4) is 0 Å². The highest BCUT2D eigenvalue weighted by atomic mass is 19.4. The molecule has 1 rings (SSSR count). The van der Waals surface area contributed by atoms with E-state index in [4.69, 9.17) is 4.74 Å². The first kappa shape index (κ1) is 15.2. The Labute approximate surface area is 104 Å². The zero-order valence-corrected chi connectivity index (χ0v) is 10.1. The molecule has 0 radical (unpaired) electrons. The van der Waals surface area contributed by atoms with Crippen molar-refractivity contribution in [2.45, 2.75) is 25.4 Å². The smallest absolute Gasteiger partial charge is 0.381 e. The number of ether oxygens (including phenoxy) is 2. The Bertz CT molecular complexity index is 254. The van der Waals surface area contributed by atoms with E-state index in [-0.39, 0.29) is 0 Å². The molecule has 0 aromatic rings. The standard InChI is InChI=1S/C11H18F3NO3/c12-11(13,14)8-18-7-10(16)15-4-1-5-17-6-9-2-3-9/h9H,1-8H2,(H,15,16). The summed E-state index contributed by atoms with van der Waals surface area (Å²) in [5.74, 6) is 0.164. The van der Waals surface area contributed by atoms with E-state index in [0.29, 0.717) is 25.5 Å². The number of rotatable bonds is 9. The first-order valence-corrected chi connectivity index (χ1v) is 5.96. The van der Waals surface area contributed by atoms with Crippen molar-refractivity contribution in [2.24, 2.45) is 5.92 Å². The summed E-state index contributed by atoms with van der Waals surface area (Å²) in [6, 6.07) is 0. The van der Waals surface area contributed by atoms with Crippen molar-refractivity contribution in [3.05, 3.63) is 0 Å². The van der Waals surface area contributed by atoms with E-state index in [2.05, 4.69) is 10.1 Å². The van der Waals surface area contributed by atoms with Crippen molar-refractivity contribution in [3.63, 3.8) is 0 Å². The Balaban J connectivity index is 1.83. The summed E-state index contributed by atoms with van der Waals surface area (Å²) in [4.78, 5) is 11.0. The van der Waals surface area contributed by atoms with E-state index in [9.17, 15) is 18.0 Å². The topological polar surface area (TPSA) is 47.6 Å². The number of amides is 1. The largest absolute Gasteiger partial charge is 0.411 e. The third-order valence-corrected chi connectivity index (χ3v) is 2.34. The maximum atomic E-state index is 11.7. The van der Waals surface area contributed by atoms with Gasteiger partial charge in [-0.15, -0.1) is 0 Å². The van der Waals surface area contributed by atoms with E-state index in [1.807, 2.05) is 0 Å². The van der Waals surface area contributed by atoms with Crippen LogP contribution in [0.5, 0.6) is 0 Å². The van der Waals surface area contributed by atoms with Crippen molar-refractivity contribution >= 4 is 5.91 Å². The highest BCUT2D eigenvalue weighted by Crippen LogP contribution is 2.28. The molecular weight excluding hydrogens is 251 g/mol. The molecule has 1 N–H and O–H groups in total. The predicted octanol–water partition coefficient (Wildman–Crippen LogP) is 1.50. The second-order valence-electron chi connectivity index (χ2n) is 4.33. The number of alkyl halides is 3. The summed E-state index contributed by atoms with van der Waals surface area (Å²) in [6.07, 6.45) is -1.28. The number of halogens is 3. The zero-order valence-electron chi connectivity index (χ0n) is 10.1. The van der Waals surface area contributed by atoms with Crippen LogP contribution in [-0.4, -0.2) is 45.1 Å². The van der Waals surface area contributed by atoms with Crippen LogP contribution in [-0.2, 0) is 14.3 Å². The molecule has 1 amide bonds. The van der Waals surface area contributed by atoms with E-state index < -0.39 is 25.3 Å². The van der Waals surface area contributed by atoms with Gasteiger partial charge in [-0.1, -0.05) is 0 Å². The second-order valence-corrected chi connectivity index (χ2v) is 4.33. The Morgan fingerprint density at radius 1 is 1.28 bits per heavy atom. The summed E-state index contributed by atoms with van der Waals surface area (Å²) < 4.78 is 44.6. The van der Waals surface area contributed by atoms with E-state index in [1.165, 1.54) is 12.8 Å². The van der Waals surface area contributed by atoms with Crippen LogP contribution in [0.1, 0.15) is 19.3 Å². The fourth-order valence-corrected chi connectivity index (χ4v) is 1.25. The Morgan fingerprint density at radius 2 is 2.00 bits per heavy atom. The lowest BCUT2D eigenvalue weighted by molar-refractivity contribution is -0.175. The molecule has 0 unspecified atom stereocenters. The second kappa shape index (κ2) is 7.58. The summed E-state index contributed by atoms with van der Waals surface area (Å²) in [7, 11) is 0. The molecule has 1 fully saturated rings. The minimum absolute atomic E-state index is 0.388. The zero-order chi connectivity index (χ0) is 13.4. The highest BCUT2D eigenvalue weighted by Gasteiger charge is 2.27. The third-order valence-electron chi connectivity index (χ3n) is 2.34. The van der Waals surface area contributed by atoms with Gasteiger partial charge in [0.15, 0.2) is 0 Å². The van der Waals surface area contributed by atoms with Crippen molar-refractivity contribution in [2.75, 3.05) is 33.0 Å². The summed E-state index contributed by atoms with van der Waals surface area (Å²) in [5, 5.41) is 2.46. The molecular formula is C11H18F3NO3. The fraction of sp³-hybridized carbons (Fsp3) is 0.909. The van der Waals surface area contributed by atoms with E-state index in [0.717, 1.165) is 6.61 Å². The molecule has 0 aliphatic heterocycles. The third kappa shape index (κ3) is 9.23. The van der Waals surface area contributed by atoms with Gasteiger partial charge in [-0.25, -0.2) is 0 Å². The minimum atomic E-state index is -4.39. The average Bonchev–Trinajstić information content (AvgIpc) is 3.05. The fourth-order valence-electron chi connectivity index (χ4n) is 1.25. The number of hydrogen-bond acceptors (Lipinski definition) is 3. The number of carbonyl (C=O) groups is 1. The quantitative estimate of drug-likeness (QED) is 0.645. The molecule has 0 aromatic heterocycles. The molecule has 0 spiro atoms. The average molecular weight is 269 g/mol. The van der Waals surface area contributed by atoms with E-state index >= 15 is 0 Å². The van der Waals surface area contributed by atoms with Gasteiger partial charge in [0.25, 0.3) is 0 Å². The predicted molar refractivity (Wildman–Crippen MR) is 58.0 cm³/mol. The van der Waals surface area contributed by atoms with Crippen LogP contribution in [0.15, 0.2) is 0 Å². The Morgan fingerprint density at radius 3 is 2.61 bits per heavy atom. The van der Waals surface area contributed by atoms with Gasteiger partial charge in [0, 0.05) is 19.8 Å². The molecule has 1 aliphatic rings. The Hall–Kier alpha value is -0.820. The molecule has 0 atom stereocenters. The lowest BCUT2D eigenvalue weighted by Crippen LogP contribution is -2.31. The summed E-state index contributed by atoms with van der Waals surface area (Å²) >= 11 is 0. The lowest BCUT2D eigenvalue weighted by atomic mass is 10.4. The van der Waals surface area contributed by atoms with Gasteiger partial charge in [0.1, 0.15) is 13.2 Å². The number of hydrogen-bond donors (Lipinski definition) is 1. The van der Waals surface area contributed by atoms with Crippen LogP contribution in [0.3, 0.4) is 0 Å². The SMILES string of the molecule is O=C(COCC(F)(F)F)NCCCOCC1CC1. The van der Waals surface area contributed by atoms with Gasteiger partial charge in [-0.2, -0.15) is 13.2 Å². The molecule has 7 heteroatoms. The minimum Gasteiger partial charge on any atom is -0.381 e. The highest BCUT2D eigenvalue weighted by molar-refractivity contribution is 5.77. The normalized spacial score (nSPS) is 15.7. The van der Waals surface area contributed by atoms with E-state index in [1.54, 1.807) is 0 Å². The van der Waals surface area contributed by atoms with Crippen LogP contribution < -0.4 is 5.32 Å². The van der Waals surface area contributed by atoms with Crippen LogP contribution in [0.25, 0.3) is 0 Å². The molecule has 18 heavy (non-hydrogen) atoms. The summed E-state index contributed by atoms with van der Waals surface area (Å²) in [6.45, 7) is -0.255. The van der Waals surface area contributed by atoms with Crippen LogP contribution in [0.2, 0.25) is 0 Å². The maximum absolute atomic E-state index is 11.7. The first-order valence-electron chi connectivity index (χ1n) is 5.96. The van der Waals surface area contributed by atoms with Crippen molar-refractivity contribution in [1.29, 1.82) is 0 Å². The van der Waals surface area contributed by atoms with Crippen molar-refractivity contribution < 1.29 is 27.4 Å². The molecule has 0 saturated heterocycles. The van der Waals surface area contributed by atoms with Gasteiger partial charge in [0.05, 0.1) is 0 Å². The molecule has 0 heterocycles. The molecule has 0 bridgehead atoms. The lowest BCUT2D eigenvalue weighted by Gasteiger charge is -2.08. The van der Waals surface area contributed by atoms with Crippen LogP contribution in [0.4, 0.5) is 13.2 Å². The van der Waals surface area contributed by atoms with Gasteiger partial charge < -0.3 is 14.8 Å². The maximum Gasteiger partial charge on any atom is 0.411 e. The summed E-state index contributed by atoms with van der Waals surface area (Å²) in [5.41, 5.74) is 0.